The zero-order valence-corrected chi connectivity index (χ0v) is 44.8. The molecule has 10 aromatic carbocycles. The fourth-order valence-corrected chi connectivity index (χ4v) is 12.8. The Morgan fingerprint density at radius 3 is 1.51 bits per heavy atom. The number of hydrogen-bond donors (Lipinski definition) is 0. The maximum atomic E-state index is 2.67. The predicted octanol–water partition coefficient (Wildman–Crippen LogP) is 17.6. The fourth-order valence-electron chi connectivity index (χ4n) is 12.8. The number of benzene rings is 10. The van der Waals surface area contributed by atoms with Crippen LogP contribution in [0.2, 0.25) is 0 Å². The average molecular weight is 970 g/mol. The maximum absolute atomic E-state index is 2.67. The molecule has 3 heterocycles. The molecule has 3 aliphatic heterocycles. The standard InChI is InChI=1S/C71H64BN3/c1-68(2,3)48-31-37-53(38-32-48)73(54-39-33-49(34-40-54)69(4,5)6)56-43-44-62-58(46-56)65-57-26-17-16-21-47(57)45-64-66(65)72(75(62)55-41-35-50(36-42-55)70(7,8)9)61-29-20-28-60-67(61)74(64)63-30-19-18-27-59(63)71(60,51-22-12-10-13-23-51)52-24-14-11-15-25-52/h10-46H,1-9H3. The highest BCUT2D eigenvalue weighted by molar-refractivity contribution is 6.94. The SMILES string of the molecule is CC(C)(C)c1ccc(N2B3c4cccc5c4N(c4ccccc4C5(c4ccccc4)c4ccccc4)c4cc5ccccc5c(c43)-c3cc(N(c4ccc(C(C)(C)C)cc4)c4ccc(C(C)(C)C)cc4)ccc32)cc1. The van der Waals surface area contributed by atoms with E-state index in [1.165, 1.54) is 100 Å². The summed E-state index contributed by atoms with van der Waals surface area (Å²) in [7, 11) is 0. The molecule has 0 spiro atoms. The van der Waals surface area contributed by atoms with Gasteiger partial charge in [-0.15, -0.1) is 0 Å². The molecule has 0 saturated heterocycles. The van der Waals surface area contributed by atoms with Crippen LogP contribution in [0.4, 0.5) is 45.5 Å². The minimum atomic E-state index is -0.599. The molecule has 3 nitrogen and oxygen atoms in total. The lowest BCUT2D eigenvalue weighted by atomic mass is 9.42. The minimum Gasteiger partial charge on any atom is -0.376 e. The monoisotopic (exact) mass is 970 g/mol. The van der Waals surface area contributed by atoms with E-state index >= 15 is 0 Å². The van der Waals surface area contributed by atoms with Crippen molar-refractivity contribution in [2.75, 3.05) is 14.6 Å². The first-order valence-electron chi connectivity index (χ1n) is 26.9. The number of fused-ring (bicyclic) bond motifs is 8. The average Bonchev–Trinajstić information content (AvgIpc) is 3.57. The van der Waals surface area contributed by atoms with Crippen molar-refractivity contribution >= 4 is 74.0 Å². The van der Waals surface area contributed by atoms with Gasteiger partial charge in [-0.25, -0.2) is 0 Å². The number of hydrogen-bond acceptors (Lipinski definition) is 3. The van der Waals surface area contributed by atoms with Crippen LogP contribution in [0.3, 0.4) is 0 Å². The van der Waals surface area contributed by atoms with E-state index in [2.05, 4.69) is 301 Å². The summed E-state index contributed by atoms with van der Waals surface area (Å²) in [5.41, 5.74) is 23.0. The molecule has 0 unspecified atom stereocenters. The lowest BCUT2D eigenvalue weighted by molar-refractivity contribution is 0.590. The highest BCUT2D eigenvalue weighted by atomic mass is 15.2. The normalized spacial score (nSPS) is 14.2. The Morgan fingerprint density at radius 2 is 0.920 bits per heavy atom. The van der Waals surface area contributed by atoms with Gasteiger partial charge >= 0.3 is 6.85 Å². The zero-order valence-electron chi connectivity index (χ0n) is 44.8. The molecule has 0 amide bonds. The Labute approximate surface area is 444 Å². The van der Waals surface area contributed by atoms with Crippen LogP contribution < -0.4 is 25.5 Å². The molecule has 75 heavy (non-hydrogen) atoms. The van der Waals surface area contributed by atoms with E-state index in [-0.39, 0.29) is 23.1 Å². The van der Waals surface area contributed by atoms with E-state index in [1.807, 2.05) is 0 Å². The fraction of sp³-hybridized carbons (Fsp3) is 0.183. The third-order valence-corrected chi connectivity index (χ3v) is 16.6. The topological polar surface area (TPSA) is 9.72 Å². The summed E-state index contributed by atoms with van der Waals surface area (Å²) in [4.78, 5) is 7.77. The van der Waals surface area contributed by atoms with Crippen LogP contribution in [0, 0.1) is 0 Å². The molecule has 0 radical (unpaired) electrons. The molecular weight excluding hydrogens is 906 g/mol. The van der Waals surface area contributed by atoms with Crippen molar-refractivity contribution in [2.24, 2.45) is 0 Å². The Bertz CT molecular complexity index is 3720. The van der Waals surface area contributed by atoms with Crippen LogP contribution >= 0.6 is 0 Å². The lowest BCUT2D eigenvalue weighted by Gasteiger charge is -2.52. The van der Waals surface area contributed by atoms with Crippen molar-refractivity contribution in [2.45, 2.75) is 84.0 Å². The summed E-state index contributed by atoms with van der Waals surface area (Å²) in [6.45, 7) is 20.5. The second kappa shape index (κ2) is 17.0. The third kappa shape index (κ3) is 7.24. The first kappa shape index (κ1) is 46.7. The Balaban J connectivity index is 1.13. The quantitative estimate of drug-likeness (QED) is 0.154. The van der Waals surface area contributed by atoms with E-state index in [0.717, 1.165) is 17.1 Å². The Morgan fingerprint density at radius 1 is 0.413 bits per heavy atom. The van der Waals surface area contributed by atoms with Gasteiger partial charge in [0, 0.05) is 45.4 Å². The first-order valence-corrected chi connectivity index (χ1v) is 26.9. The van der Waals surface area contributed by atoms with Gasteiger partial charge in [0.25, 0.3) is 0 Å². The molecule has 0 N–H and O–H groups in total. The van der Waals surface area contributed by atoms with Crippen molar-refractivity contribution in [1.82, 2.24) is 0 Å². The molecule has 0 saturated carbocycles. The van der Waals surface area contributed by atoms with Crippen LogP contribution in [0.15, 0.2) is 224 Å². The summed E-state index contributed by atoms with van der Waals surface area (Å²) in [5, 5.41) is 2.48. The van der Waals surface area contributed by atoms with Crippen LogP contribution in [0.5, 0.6) is 0 Å². The molecule has 0 aromatic heterocycles. The number of nitrogens with zero attached hydrogens (tertiary/aromatic N) is 3. The van der Waals surface area contributed by atoms with Gasteiger partial charge in [0.05, 0.1) is 11.1 Å². The van der Waals surface area contributed by atoms with E-state index in [9.17, 15) is 0 Å². The second-order valence-corrected chi connectivity index (χ2v) is 24.2. The van der Waals surface area contributed by atoms with Crippen molar-refractivity contribution < 1.29 is 0 Å². The molecule has 3 aliphatic rings. The van der Waals surface area contributed by atoms with Crippen LogP contribution in [0.25, 0.3) is 21.9 Å². The molecule has 13 rings (SSSR count). The van der Waals surface area contributed by atoms with Crippen LogP contribution in [-0.4, -0.2) is 6.85 Å². The smallest absolute Gasteiger partial charge is 0.333 e. The molecule has 0 bridgehead atoms. The molecule has 0 atom stereocenters. The highest BCUT2D eigenvalue weighted by Crippen LogP contribution is 2.60. The summed E-state index contributed by atoms with van der Waals surface area (Å²) in [5.74, 6) is 0. The largest absolute Gasteiger partial charge is 0.376 e. The van der Waals surface area contributed by atoms with Gasteiger partial charge < -0.3 is 14.6 Å². The van der Waals surface area contributed by atoms with Gasteiger partial charge in [-0.2, -0.15) is 0 Å². The van der Waals surface area contributed by atoms with Crippen LogP contribution in [-0.2, 0) is 21.7 Å². The number of para-hydroxylation sites is 2. The zero-order chi connectivity index (χ0) is 51.6. The number of anilines is 8. The molecule has 366 valence electrons. The summed E-state index contributed by atoms with van der Waals surface area (Å²) in [6.07, 6.45) is 0. The molecular formula is C71H64BN3. The lowest BCUT2D eigenvalue weighted by Crippen LogP contribution is -2.62. The van der Waals surface area contributed by atoms with E-state index in [1.54, 1.807) is 0 Å². The maximum Gasteiger partial charge on any atom is 0.333 e. The van der Waals surface area contributed by atoms with Crippen molar-refractivity contribution in [3.8, 4) is 11.1 Å². The van der Waals surface area contributed by atoms with Crippen molar-refractivity contribution in [1.29, 1.82) is 0 Å². The molecule has 4 heteroatoms. The second-order valence-electron chi connectivity index (χ2n) is 24.2. The summed E-state index contributed by atoms with van der Waals surface area (Å²) < 4.78 is 0. The molecule has 0 aliphatic carbocycles. The first-order chi connectivity index (χ1) is 36.1. The van der Waals surface area contributed by atoms with Gasteiger partial charge in [-0.1, -0.05) is 220 Å². The van der Waals surface area contributed by atoms with Gasteiger partial charge in [-0.05, 0) is 149 Å². The Kier molecular flexibility index (Phi) is 10.6. The summed E-state index contributed by atoms with van der Waals surface area (Å²) in [6, 6.07) is 85.6. The highest BCUT2D eigenvalue weighted by Gasteiger charge is 2.53. The van der Waals surface area contributed by atoms with Gasteiger partial charge in [0.1, 0.15) is 0 Å². The van der Waals surface area contributed by atoms with E-state index in [4.69, 9.17) is 0 Å². The van der Waals surface area contributed by atoms with E-state index < -0.39 is 5.41 Å². The molecule has 0 fully saturated rings. The van der Waals surface area contributed by atoms with Crippen molar-refractivity contribution in [3.05, 3.63) is 263 Å². The third-order valence-electron chi connectivity index (χ3n) is 16.6. The molecule has 10 aromatic rings. The minimum absolute atomic E-state index is 0.000981. The van der Waals surface area contributed by atoms with Gasteiger partial charge in [0.2, 0.25) is 0 Å². The predicted molar refractivity (Wildman–Crippen MR) is 320 cm³/mol. The van der Waals surface area contributed by atoms with Crippen LogP contribution in [0.1, 0.15) is 101 Å². The van der Waals surface area contributed by atoms with Gasteiger partial charge in [-0.3, -0.25) is 0 Å². The van der Waals surface area contributed by atoms with Crippen molar-refractivity contribution in [3.63, 3.8) is 0 Å². The number of rotatable bonds is 6. The van der Waals surface area contributed by atoms with E-state index in [0.29, 0.717) is 0 Å². The van der Waals surface area contributed by atoms with Gasteiger partial charge in [0.15, 0.2) is 0 Å². The summed E-state index contributed by atoms with van der Waals surface area (Å²) >= 11 is 0. The Hall–Kier alpha value is -8.08.